The third-order valence-corrected chi connectivity index (χ3v) is 6.07. The number of piperidine rings is 3. The Hall–Kier alpha value is -1.47. The molecule has 2 bridgehead atoms. The lowest BCUT2D eigenvalue weighted by Gasteiger charge is -2.56. The van der Waals surface area contributed by atoms with Gasteiger partial charge in [-0.3, -0.25) is 4.90 Å². The van der Waals surface area contributed by atoms with Crippen molar-refractivity contribution in [1.82, 2.24) is 10.1 Å². The number of halogens is 4. The van der Waals surface area contributed by atoms with E-state index in [1.165, 1.54) is 12.1 Å². The summed E-state index contributed by atoms with van der Waals surface area (Å²) in [5.74, 6) is 0.824. The molecule has 0 radical (unpaired) electrons. The minimum Gasteiger partial charge on any atom is -0.362 e. The van der Waals surface area contributed by atoms with E-state index < -0.39 is 11.7 Å². The number of hydrogen-bond donors (Lipinski definition) is 1. The van der Waals surface area contributed by atoms with Gasteiger partial charge in [0.25, 0.3) is 0 Å². The first-order chi connectivity index (χ1) is 11.7. The average Bonchev–Trinajstić information content (AvgIpc) is 2.92. The molecule has 3 aliphatic heterocycles. The third kappa shape index (κ3) is 2.59. The molecule has 136 valence electrons. The summed E-state index contributed by atoms with van der Waals surface area (Å²) in [6.07, 6.45) is -2.44. The summed E-state index contributed by atoms with van der Waals surface area (Å²) < 4.78 is 44.9. The molecule has 0 saturated carbocycles. The van der Waals surface area contributed by atoms with Crippen molar-refractivity contribution in [2.45, 2.75) is 44.4 Å². The van der Waals surface area contributed by atoms with E-state index >= 15 is 0 Å². The molecule has 1 unspecified atom stereocenters. The fourth-order valence-corrected chi connectivity index (χ4v) is 4.63. The maximum absolute atomic E-state index is 13.3. The first kappa shape index (κ1) is 17.0. The predicted octanol–water partition coefficient (Wildman–Crippen LogP) is 4.78. The van der Waals surface area contributed by atoms with Crippen LogP contribution in [0.3, 0.4) is 0 Å². The van der Waals surface area contributed by atoms with Crippen molar-refractivity contribution in [2.75, 3.05) is 18.4 Å². The summed E-state index contributed by atoms with van der Waals surface area (Å²) in [4.78, 5) is 2.42. The topological polar surface area (TPSA) is 41.3 Å². The van der Waals surface area contributed by atoms with E-state index in [-0.39, 0.29) is 22.2 Å². The summed E-state index contributed by atoms with van der Waals surface area (Å²) >= 11 is 5.75. The fraction of sp³-hybridized carbons (Fsp3) is 0.588. The Morgan fingerprint density at radius 3 is 2.56 bits per heavy atom. The van der Waals surface area contributed by atoms with Crippen LogP contribution in [-0.4, -0.2) is 34.7 Å². The Morgan fingerprint density at radius 1 is 1.28 bits per heavy atom. The van der Waals surface area contributed by atoms with Gasteiger partial charge in [-0.25, -0.2) is 0 Å². The van der Waals surface area contributed by atoms with Gasteiger partial charge < -0.3 is 9.84 Å². The monoisotopic (exact) mass is 373 g/mol. The first-order valence-corrected chi connectivity index (χ1v) is 8.74. The number of nitrogens with one attached hydrogen (secondary N) is 1. The maximum atomic E-state index is 13.3. The zero-order valence-electron chi connectivity index (χ0n) is 14.0. The smallest absolute Gasteiger partial charge is 0.362 e. The van der Waals surface area contributed by atoms with Crippen molar-refractivity contribution in [1.29, 1.82) is 0 Å². The van der Waals surface area contributed by atoms with Crippen molar-refractivity contribution < 1.29 is 17.7 Å². The van der Waals surface area contributed by atoms with Gasteiger partial charge in [0, 0.05) is 11.6 Å². The van der Waals surface area contributed by atoms with Crippen molar-refractivity contribution >= 4 is 28.4 Å². The molecule has 1 atom stereocenters. The van der Waals surface area contributed by atoms with Gasteiger partial charge in [-0.05, 0) is 57.8 Å². The standard InChI is InChI=1S/C17H19ClF3N3O/c1-16(2)14(9-5-7-24(16)8-6-9)22-15-10-3-4-11(18)12(17(19,20)21)13(10)25-23-15/h3-4,9,14H,5-8H2,1-2H3,(H,22,23). The summed E-state index contributed by atoms with van der Waals surface area (Å²) in [6, 6.07) is 2.88. The highest BCUT2D eigenvalue weighted by molar-refractivity contribution is 6.32. The van der Waals surface area contributed by atoms with E-state index in [0.717, 1.165) is 25.9 Å². The largest absolute Gasteiger partial charge is 0.421 e. The van der Waals surface area contributed by atoms with Crippen LogP contribution in [0.1, 0.15) is 32.3 Å². The van der Waals surface area contributed by atoms with Crippen molar-refractivity contribution in [3.05, 3.63) is 22.7 Å². The molecule has 0 amide bonds. The number of alkyl halides is 3. The van der Waals surface area contributed by atoms with Crippen molar-refractivity contribution in [3.8, 4) is 0 Å². The highest BCUT2D eigenvalue weighted by Gasteiger charge is 2.48. The van der Waals surface area contributed by atoms with Gasteiger partial charge in [0.05, 0.1) is 10.4 Å². The molecule has 0 aliphatic carbocycles. The van der Waals surface area contributed by atoms with Crippen LogP contribution in [0, 0.1) is 5.92 Å². The number of benzene rings is 1. The van der Waals surface area contributed by atoms with Gasteiger partial charge >= 0.3 is 6.18 Å². The molecular formula is C17H19ClF3N3O. The molecule has 1 N–H and O–H groups in total. The molecule has 4 nitrogen and oxygen atoms in total. The summed E-state index contributed by atoms with van der Waals surface area (Å²) in [7, 11) is 0. The van der Waals surface area contributed by atoms with Gasteiger partial charge in [0.2, 0.25) is 0 Å². The van der Waals surface area contributed by atoms with Crippen LogP contribution in [0.2, 0.25) is 5.02 Å². The molecule has 8 heteroatoms. The Kier molecular flexibility index (Phi) is 3.74. The molecular weight excluding hydrogens is 355 g/mol. The molecule has 3 saturated heterocycles. The summed E-state index contributed by atoms with van der Waals surface area (Å²) in [5.41, 5.74) is -1.38. The number of fused-ring (bicyclic) bond motifs is 4. The Morgan fingerprint density at radius 2 is 1.96 bits per heavy atom. The van der Waals surface area contributed by atoms with E-state index in [1.54, 1.807) is 0 Å². The zero-order chi connectivity index (χ0) is 18.0. The summed E-state index contributed by atoms with van der Waals surface area (Å²) in [5, 5.41) is 7.18. The fourth-order valence-electron chi connectivity index (χ4n) is 4.37. The Labute approximate surface area is 148 Å². The van der Waals surface area contributed by atoms with E-state index in [1.807, 2.05) is 0 Å². The molecule has 2 aromatic rings. The molecule has 1 aromatic carbocycles. The Bertz CT molecular complexity index is 809. The second kappa shape index (κ2) is 5.51. The summed E-state index contributed by atoms with van der Waals surface area (Å²) in [6.45, 7) is 6.44. The van der Waals surface area contributed by atoms with E-state index in [0.29, 0.717) is 17.1 Å². The molecule has 3 fully saturated rings. The first-order valence-electron chi connectivity index (χ1n) is 8.36. The Balaban J connectivity index is 1.74. The second-order valence-corrected chi connectivity index (χ2v) is 7.84. The van der Waals surface area contributed by atoms with Crippen molar-refractivity contribution in [2.24, 2.45) is 5.92 Å². The maximum Gasteiger partial charge on any atom is 0.421 e. The van der Waals surface area contributed by atoms with Gasteiger partial charge in [-0.15, -0.1) is 0 Å². The molecule has 0 spiro atoms. The quantitative estimate of drug-likeness (QED) is 0.822. The predicted molar refractivity (Wildman–Crippen MR) is 89.8 cm³/mol. The van der Waals surface area contributed by atoms with Crippen LogP contribution in [-0.2, 0) is 6.18 Å². The lowest BCUT2D eigenvalue weighted by Crippen LogP contribution is -2.66. The SMILES string of the molecule is CC1(C)C(Nc2noc3c(C(F)(F)F)c(Cl)ccc23)C2CCN1CC2. The lowest BCUT2D eigenvalue weighted by atomic mass is 9.72. The van der Waals surface area contributed by atoms with Gasteiger partial charge in [-0.2, -0.15) is 13.2 Å². The van der Waals surface area contributed by atoms with Crippen molar-refractivity contribution in [3.63, 3.8) is 0 Å². The number of rotatable bonds is 2. The van der Waals surface area contributed by atoms with Crippen LogP contribution >= 0.6 is 11.6 Å². The van der Waals surface area contributed by atoms with E-state index in [4.69, 9.17) is 16.1 Å². The third-order valence-electron chi connectivity index (χ3n) is 5.75. The number of nitrogens with zero attached hydrogens (tertiary/aromatic N) is 2. The van der Waals surface area contributed by atoms with Crippen LogP contribution in [0.4, 0.5) is 19.0 Å². The zero-order valence-corrected chi connectivity index (χ0v) is 14.7. The number of hydrogen-bond acceptors (Lipinski definition) is 4. The van der Waals surface area contributed by atoms with Gasteiger partial charge in [-0.1, -0.05) is 16.8 Å². The minimum atomic E-state index is -4.59. The highest BCUT2D eigenvalue weighted by atomic mass is 35.5. The molecule has 3 aliphatic rings. The number of aromatic nitrogens is 1. The van der Waals surface area contributed by atoms with Crippen LogP contribution in [0.5, 0.6) is 0 Å². The van der Waals surface area contributed by atoms with Gasteiger partial charge in [0.1, 0.15) is 5.56 Å². The lowest BCUT2D eigenvalue weighted by molar-refractivity contribution is -0.136. The molecule has 5 rings (SSSR count). The van der Waals surface area contributed by atoms with E-state index in [2.05, 4.69) is 29.2 Å². The van der Waals surface area contributed by atoms with Crippen LogP contribution in [0.15, 0.2) is 16.7 Å². The average molecular weight is 374 g/mol. The molecule has 4 heterocycles. The highest BCUT2D eigenvalue weighted by Crippen LogP contribution is 2.44. The van der Waals surface area contributed by atoms with E-state index in [9.17, 15) is 13.2 Å². The van der Waals surface area contributed by atoms with Crippen LogP contribution < -0.4 is 5.32 Å². The van der Waals surface area contributed by atoms with Gasteiger partial charge in [0.15, 0.2) is 11.4 Å². The normalized spacial score (nSPS) is 28.5. The van der Waals surface area contributed by atoms with Crippen LogP contribution in [0.25, 0.3) is 11.0 Å². The number of anilines is 1. The molecule has 25 heavy (non-hydrogen) atoms. The second-order valence-electron chi connectivity index (χ2n) is 7.43. The molecule has 1 aromatic heterocycles. The minimum absolute atomic E-state index is 0.0915.